The van der Waals surface area contributed by atoms with E-state index in [-0.39, 0.29) is 11.6 Å². The Bertz CT molecular complexity index is 404. The Morgan fingerprint density at radius 2 is 2.13 bits per heavy atom. The minimum atomic E-state index is -0.874. The molecule has 1 aromatic heterocycles. The molecule has 0 aromatic carbocycles. The number of ether oxygens (including phenoxy) is 2. The summed E-state index contributed by atoms with van der Waals surface area (Å²) in [6.45, 7) is 0. The van der Waals surface area contributed by atoms with E-state index in [1.165, 1.54) is 13.2 Å². The van der Waals surface area contributed by atoms with Crippen molar-refractivity contribution in [3.8, 4) is 5.88 Å². The Morgan fingerprint density at radius 1 is 1.47 bits per heavy atom. The van der Waals surface area contributed by atoms with Gasteiger partial charge in [-0.15, -0.1) is 0 Å². The number of hydrogen-bond donors (Lipinski definition) is 0. The number of rotatable bonds is 3. The van der Waals surface area contributed by atoms with Crippen molar-refractivity contribution in [2.24, 2.45) is 0 Å². The number of hydrogen-bond acceptors (Lipinski definition) is 6. The van der Waals surface area contributed by atoms with Crippen LogP contribution in [0.3, 0.4) is 0 Å². The van der Waals surface area contributed by atoms with Crippen molar-refractivity contribution in [3.05, 3.63) is 27.9 Å². The lowest BCUT2D eigenvalue weighted by Crippen LogP contribution is -2.09. The lowest BCUT2D eigenvalue weighted by atomic mass is 10.3. The Kier molecular flexibility index (Phi) is 3.17. The highest BCUT2D eigenvalue weighted by atomic mass is 16.6. The summed E-state index contributed by atoms with van der Waals surface area (Å²) in [7, 11) is 2.46. The largest absolute Gasteiger partial charge is 0.481 e. The molecule has 1 heterocycles. The van der Waals surface area contributed by atoms with E-state index in [4.69, 9.17) is 4.74 Å². The van der Waals surface area contributed by atoms with Crippen LogP contribution in [-0.2, 0) is 4.74 Å². The van der Waals surface area contributed by atoms with Gasteiger partial charge in [0.25, 0.3) is 0 Å². The van der Waals surface area contributed by atoms with Crippen molar-refractivity contribution in [2.45, 2.75) is 0 Å². The Morgan fingerprint density at radius 3 is 2.60 bits per heavy atom. The van der Waals surface area contributed by atoms with Gasteiger partial charge in [0.1, 0.15) is 0 Å². The molecule has 0 radical (unpaired) electrons. The molecule has 7 nitrogen and oxygen atoms in total. The van der Waals surface area contributed by atoms with Gasteiger partial charge in [0.05, 0.1) is 19.1 Å². The summed E-state index contributed by atoms with van der Waals surface area (Å²) in [5, 5.41) is 10.6. The number of pyridine rings is 1. The van der Waals surface area contributed by atoms with Crippen LogP contribution in [0.15, 0.2) is 12.1 Å². The van der Waals surface area contributed by atoms with Gasteiger partial charge in [-0.25, -0.2) is 4.79 Å². The summed E-state index contributed by atoms with van der Waals surface area (Å²) in [4.78, 5) is 24.7. The van der Waals surface area contributed by atoms with Crippen LogP contribution in [0.5, 0.6) is 5.88 Å². The van der Waals surface area contributed by atoms with Gasteiger partial charge < -0.3 is 9.47 Å². The van der Waals surface area contributed by atoms with Gasteiger partial charge in [-0.05, 0) is 0 Å². The van der Waals surface area contributed by atoms with Gasteiger partial charge >= 0.3 is 11.7 Å². The van der Waals surface area contributed by atoms with Gasteiger partial charge in [-0.3, -0.25) is 10.1 Å². The van der Waals surface area contributed by atoms with Gasteiger partial charge in [0.2, 0.25) is 11.6 Å². The SMILES string of the molecule is COC(=O)c1nc(OC)ccc1[N+](=O)[O-]. The number of aromatic nitrogens is 1. The summed E-state index contributed by atoms with van der Waals surface area (Å²) in [5.41, 5.74) is -0.787. The number of nitrogens with zero attached hydrogens (tertiary/aromatic N) is 2. The highest BCUT2D eigenvalue weighted by molar-refractivity contribution is 5.91. The fraction of sp³-hybridized carbons (Fsp3) is 0.250. The molecular weight excluding hydrogens is 204 g/mol. The average molecular weight is 212 g/mol. The lowest BCUT2D eigenvalue weighted by molar-refractivity contribution is -0.385. The fourth-order valence-electron chi connectivity index (χ4n) is 0.942. The summed E-state index contributed by atoms with van der Waals surface area (Å²) in [6.07, 6.45) is 0. The molecule has 0 saturated heterocycles. The van der Waals surface area contributed by atoms with E-state index in [9.17, 15) is 14.9 Å². The van der Waals surface area contributed by atoms with Crippen LogP contribution in [0.1, 0.15) is 10.5 Å². The quantitative estimate of drug-likeness (QED) is 0.417. The molecule has 0 aliphatic carbocycles. The topological polar surface area (TPSA) is 91.6 Å². The van der Waals surface area contributed by atoms with E-state index >= 15 is 0 Å². The number of carbonyl (C=O) groups is 1. The van der Waals surface area contributed by atoms with E-state index in [1.54, 1.807) is 0 Å². The van der Waals surface area contributed by atoms with Gasteiger partial charge in [-0.2, -0.15) is 4.98 Å². The van der Waals surface area contributed by atoms with Crippen LogP contribution < -0.4 is 4.74 Å². The van der Waals surface area contributed by atoms with Crippen molar-refractivity contribution in [2.75, 3.05) is 14.2 Å². The Labute approximate surface area is 84.8 Å². The van der Waals surface area contributed by atoms with Crippen LogP contribution >= 0.6 is 0 Å². The summed E-state index contributed by atoms with van der Waals surface area (Å²) in [5.74, 6) is -0.762. The molecular formula is C8H8N2O5. The second-order valence-corrected chi connectivity index (χ2v) is 2.47. The predicted octanol–water partition coefficient (Wildman–Crippen LogP) is 0.785. The van der Waals surface area contributed by atoms with Crippen molar-refractivity contribution in [3.63, 3.8) is 0 Å². The maximum Gasteiger partial charge on any atom is 0.364 e. The van der Waals surface area contributed by atoms with Gasteiger partial charge in [0.15, 0.2) is 0 Å². The normalized spacial score (nSPS) is 9.47. The zero-order valence-corrected chi connectivity index (χ0v) is 8.09. The minimum Gasteiger partial charge on any atom is -0.481 e. The number of methoxy groups -OCH3 is 2. The first-order chi connectivity index (χ1) is 7.10. The molecule has 0 unspecified atom stereocenters. The zero-order chi connectivity index (χ0) is 11.4. The molecule has 0 atom stereocenters. The van der Waals surface area contributed by atoms with Crippen molar-refractivity contribution < 1.29 is 19.2 Å². The smallest absolute Gasteiger partial charge is 0.364 e. The highest BCUT2D eigenvalue weighted by Crippen LogP contribution is 2.20. The second-order valence-electron chi connectivity index (χ2n) is 2.47. The average Bonchev–Trinajstić information content (AvgIpc) is 2.26. The maximum absolute atomic E-state index is 11.2. The molecule has 80 valence electrons. The van der Waals surface area contributed by atoms with E-state index in [0.29, 0.717) is 0 Å². The number of nitro groups is 1. The molecule has 7 heteroatoms. The summed E-state index contributed by atoms with van der Waals surface area (Å²) < 4.78 is 9.11. The summed E-state index contributed by atoms with van der Waals surface area (Å²) in [6, 6.07) is 2.43. The monoisotopic (exact) mass is 212 g/mol. The van der Waals surface area contributed by atoms with Crippen molar-refractivity contribution >= 4 is 11.7 Å². The molecule has 0 amide bonds. The van der Waals surface area contributed by atoms with E-state index < -0.39 is 16.6 Å². The van der Waals surface area contributed by atoms with E-state index in [1.807, 2.05) is 0 Å². The van der Waals surface area contributed by atoms with Gasteiger partial charge in [0, 0.05) is 12.1 Å². The van der Waals surface area contributed by atoms with E-state index in [2.05, 4.69) is 9.72 Å². The van der Waals surface area contributed by atoms with Crippen molar-refractivity contribution in [1.82, 2.24) is 4.98 Å². The highest BCUT2D eigenvalue weighted by Gasteiger charge is 2.23. The molecule has 15 heavy (non-hydrogen) atoms. The minimum absolute atomic E-state index is 0.112. The van der Waals surface area contributed by atoms with E-state index in [0.717, 1.165) is 13.2 Å². The number of esters is 1. The third kappa shape index (κ3) is 2.19. The predicted molar refractivity (Wildman–Crippen MR) is 48.8 cm³/mol. The van der Waals surface area contributed by atoms with Crippen LogP contribution in [0.4, 0.5) is 5.69 Å². The third-order valence-electron chi connectivity index (χ3n) is 1.63. The molecule has 0 bridgehead atoms. The second kappa shape index (κ2) is 4.36. The van der Waals surface area contributed by atoms with Gasteiger partial charge in [-0.1, -0.05) is 0 Å². The molecule has 0 aliphatic rings. The molecule has 1 aromatic rings. The van der Waals surface area contributed by atoms with Crippen LogP contribution in [-0.4, -0.2) is 30.1 Å². The maximum atomic E-state index is 11.2. The third-order valence-corrected chi connectivity index (χ3v) is 1.63. The summed E-state index contributed by atoms with van der Waals surface area (Å²) >= 11 is 0. The molecule has 0 fully saturated rings. The molecule has 0 aliphatic heterocycles. The Balaban J connectivity index is 3.28. The van der Waals surface area contributed by atoms with Crippen LogP contribution in [0.25, 0.3) is 0 Å². The zero-order valence-electron chi connectivity index (χ0n) is 8.09. The fourth-order valence-corrected chi connectivity index (χ4v) is 0.942. The lowest BCUT2D eigenvalue weighted by Gasteiger charge is -2.02. The first-order valence-electron chi connectivity index (χ1n) is 3.88. The molecule has 0 spiro atoms. The molecule has 1 rings (SSSR count). The Hall–Kier alpha value is -2.18. The standard InChI is InChI=1S/C8H8N2O5/c1-14-6-4-3-5(10(12)13)7(9-6)8(11)15-2/h3-4H,1-2H3. The first kappa shape index (κ1) is 10.9. The van der Waals surface area contributed by atoms with Crippen LogP contribution in [0.2, 0.25) is 0 Å². The molecule has 0 N–H and O–H groups in total. The van der Waals surface area contributed by atoms with Crippen molar-refractivity contribution in [1.29, 1.82) is 0 Å². The first-order valence-corrected chi connectivity index (χ1v) is 3.88. The molecule has 0 saturated carbocycles. The number of carbonyl (C=O) groups excluding carboxylic acids is 1. The van der Waals surface area contributed by atoms with Crippen LogP contribution in [0, 0.1) is 10.1 Å².